The standard InChI is InChI=1S/C11H16N4O/c1-4-11(2,8-12)10(16)15(3)7-9-5-13-14-6-9/h5-6H,4,7H2,1-3H3,(H,13,14). The van der Waals surface area contributed by atoms with Crippen LogP contribution in [0.1, 0.15) is 25.8 Å². The highest BCUT2D eigenvalue weighted by molar-refractivity contribution is 5.84. The summed E-state index contributed by atoms with van der Waals surface area (Å²) in [7, 11) is 1.70. The molecule has 0 saturated heterocycles. The van der Waals surface area contributed by atoms with Gasteiger partial charge in [-0.15, -0.1) is 0 Å². The quantitative estimate of drug-likeness (QED) is 0.831. The molecule has 0 aliphatic heterocycles. The van der Waals surface area contributed by atoms with Crippen LogP contribution in [0.3, 0.4) is 0 Å². The molecule has 1 unspecified atom stereocenters. The lowest BCUT2D eigenvalue weighted by Crippen LogP contribution is -2.38. The van der Waals surface area contributed by atoms with Crippen LogP contribution in [0.25, 0.3) is 0 Å². The minimum Gasteiger partial charge on any atom is -0.340 e. The van der Waals surface area contributed by atoms with Crippen molar-refractivity contribution in [2.45, 2.75) is 26.8 Å². The third-order valence-corrected chi connectivity index (χ3v) is 2.75. The van der Waals surface area contributed by atoms with Gasteiger partial charge in [0.05, 0.1) is 12.3 Å². The first-order valence-corrected chi connectivity index (χ1v) is 5.18. The van der Waals surface area contributed by atoms with Gasteiger partial charge in [0, 0.05) is 25.4 Å². The highest BCUT2D eigenvalue weighted by Crippen LogP contribution is 2.23. The summed E-state index contributed by atoms with van der Waals surface area (Å²) >= 11 is 0. The van der Waals surface area contributed by atoms with Crippen molar-refractivity contribution in [2.24, 2.45) is 5.41 Å². The first-order chi connectivity index (χ1) is 7.53. The van der Waals surface area contributed by atoms with Gasteiger partial charge in [-0.2, -0.15) is 10.4 Å². The van der Waals surface area contributed by atoms with Crippen LogP contribution in [-0.4, -0.2) is 28.1 Å². The van der Waals surface area contributed by atoms with Crippen LogP contribution in [0, 0.1) is 16.7 Å². The fourth-order valence-electron chi connectivity index (χ4n) is 1.41. The van der Waals surface area contributed by atoms with Gasteiger partial charge in [0.25, 0.3) is 0 Å². The molecule has 86 valence electrons. The molecule has 0 radical (unpaired) electrons. The summed E-state index contributed by atoms with van der Waals surface area (Å²) in [4.78, 5) is 13.6. The predicted octanol–water partition coefficient (Wildman–Crippen LogP) is 1.31. The highest BCUT2D eigenvalue weighted by Gasteiger charge is 2.33. The number of nitrogens with one attached hydrogen (secondary N) is 1. The molecule has 5 nitrogen and oxygen atoms in total. The molecule has 5 heteroatoms. The lowest BCUT2D eigenvalue weighted by Gasteiger charge is -2.25. The van der Waals surface area contributed by atoms with Crippen LogP contribution >= 0.6 is 0 Å². The van der Waals surface area contributed by atoms with Crippen LogP contribution in [0.4, 0.5) is 0 Å². The van der Waals surface area contributed by atoms with Gasteiger partial charge in [-0.1, -0.05) is 6.92 Å². The Bertz CT molecular complexity index is 393. The molecule has 0 saturated carbocycles. The molecule has 0 aromatic carbocycles. The molecule has 1 rings (SSSR count). The van der Waals surface area contributed by atoms with Gasteiger partial charge < -0.3 is 4.90 Å². The van der Waals surface area contributed by atoms with Gasteiger partial charge in [0.1, 0.15) is 5.41 Å². The van der Waals surface area contributed by atoms with E-state index in [2.05, 4.69) is 16.3 Å². The van der Waals surface area contributed by atoms with Crippen molar-refractivity contribution in [3.05, 3.63) is 18.0 Å². The Morgan fingerprint density at radius 2 is 2.44 bits per heavy atom. The van der Waals surface area contributed by atoms with Gasteiger partial charge >= 0.3 is 0 Å². The molecule has 1 aromatic heterocycles. The van der Waals surface area contributed by atoms with Crippen molar-refractivity contribution in [3.8, 4) is 6.07 Å². The van der Waals surface area contributed by atoms with Crippen molar-refractivity contribution in [2.75, 3.05) is 7.05 Å². The second kappa shape index (κ2) is 4.79. The maximum atomic E-state index is 12.0. The van der Waals surface area contributed by atoms with E-state index in [1.54, 1.807) is 31.3 Å². The molecular weight excluding hydrogens is 204 g/mol. The van der Waals surface area contributed by atoms with Gasteiger partial charge in [-0.3, -0.25) is 9.89 Å². The largest absolute Gasteiger partial charge is 0.340 e. The fourth-order valence-corrected chi connectivity index (χ4v) is 1.41. The minimum atomic E-state index is -0.932. The third kappa shape index (κ3) is 2.40. The first-order valence-electron chi connectivity index (χ1n) is 5.18. The zero-order valence-corrected chi connectivity index (χ0v) is 9.82. The van der Waals surface area contributed by atoms with E-state index in [-0.39, 0.29) is 5.91 Å². The van der Waals surface area contributed by atoms with Gasteiger partial charge in [-0.05, 0) is 13.3 Å². The van der Waals surface area contributed by atoms with Crippen LogP contribution in [0.2, 0.25) is 0 Å². The number of nitrogens with zero attached hydrogens (tertiary/aromatic N) is 3. The Balaban J connectivity index is 2.71. The molecule has 1 heterocycles. The number of carbonyl (C=O) groups is 1. The number of amides is 1. The fraction of sp³-hybridized carbons (Fsp3) is 0.545. The van der Waals surface area contributed by atoms with E-state index < -0.39 is 5.41 Å². The zero-order chi connectivity index (χ0) is 12.2. The number of nitriles is 1. The monoisotopic (exact) mass is 220 g/mol. The van der Waals surface area contributed by atoms with Gasteiger partial charge in [-0.25, -0.2) is 0 Å². The Labute approximate surface area is 95.1 Å². The molecule has 1 aromatic rings. The summed E-state index contributed by atoms with van der Waals surface area (Å²) in [5.41, 5.74) is -0.00868. The van der Waals surface area contributed by atoms with E-state index in [4.69, 9.17) is 5.26 Å². The lowest BCUT2D eigenvalue weighted by molar-refractivity contribution is -0.137. The minimum absolute atomic E-state index is 0.154. The predicted molar refractivity (Wildman–Crippen MR) is 59.1 cm³/mol. The third-order valence-electron chi connectivity index (χ3n) is 2.75. The molecule has 16 heavy (non-hydrogen) atoms. The summed E-state index contributed by atoms with van der Waals surface area (Å²) in [6, 6.07) is 2.07. The number of carbonyl (C=O) groups excluding carboxylic acids is 1. The van der Waals surface area contributed by atoms with E-state index in [0.717, 1.165) is 5.56 Å². The summed E-state index contributed by atoms with van der Waals surface area (Å²) in [5.74, 6) is -0.154. The maximum absolute atomic E-state index is 12.0. The Kier molecular flexibility index (Phi) is 3.67. The van der Waals surface area contributed by atoms with E-state index in [1.165, 1.54) is 0 Å². The highest BCUT2D eigenvalue weighted by atomic mass is 16.2. The van der Waals surface area contributed by atoms with Crippen LogP contribution in [0.15, 0.2) is 12.4 Å². The molecule has 0 aliphatic rings. The SMILES string of the molecule is CCC(C)(C#N)C(=O)N(C)Cc1cn[nH]c1. The van der Waals surface area contributed by atoms with Crippen molar-refractivity contribution < 1.29 is 4.79 Å². The van der Waals surface area contributed by atoms with E-state index in [1.807, 2.05) is 6.92 Å². The van der Waals surface area contributed by atoms with E-state index >= 15 is 0 Å². The zero-order valence-electron chi connectivity index (χ0n) is 9.82. The van der Waals surface area contributed by atoms with Gasteiger partial charge in [0.15, 0.2) is 0 Å². The smallest absolute Gasteiger partial charge is 0.242 e. The normalized spacial score (nSPS) is 13.9. The number of aromatic nitrogens is 2. The summed E-state index contributed by atoms with van der Waals surface area (Å²) in [6.45, 7) is 3.97. The molecule has 0 bridgehead atoms. The molecule has 0 aliphatic carbocycles. The maximum Gasteiger partial charge on any atom is 0.242 e. The molecule has 1 atom stereocenters. The van der Waals surface area contributed by atoms with Crippen LogP contribution < -0.4 is 0 Å². The van der Waals surface area contributed by atoms with Crippen molar-refractivity contribution >= 4 is 5.91 Å². The topological polar surface area (TPSA) is 72.8 Å². The number of H-pyrrole nitrogens is 1. The Hall–Kier alpha value is -1.83. The van der Waals surface area contributed by atoms with Gasteiger partial charge in [0.2, 0.25) is 5.91 Å². The van der Waals surface area contributed by atoms with Crippen LogP contribution in [-0.2, 0) is 11.3 Å². The summed E-state index contributed by atoms with van der Waals surface area (Å²) < 4.78 is 0. The lowest BCUT2D eigenvalue weighted by atomic mass is 9.88. The Morgan fingerprint density at radius 1 is 1.75 bits per heavy atom. The number of rotatable bonds is 4. The second-order valence-corrected chi connectivity index (χ2v) is 4.07. The molecule has 1 N–H and O–H groups in total. The number of aromatic amines is 1. The van der Waals surface area contributed by atoms with Crippen molar-refractivity contribution in [3.63, 3.8) is 0 Å². The van der Waals surface area contributed by atoms with Crippen molar-refractivity contribution in [1.82, 2.24) is 15.1 Å². The molecule has 1 amide bonds. The number of hydrogen-bond donors (Lipinski definition) is 1. The average Bonchev–Trinajstić information content (AvgIpc) is 2.79. The molecule has 0 fully saturated rings. The number of hydrogen-bond acceptors (Lipinski definition) is 3. The summed E-state index contributed by atoms with van der Waals surface area (Å²) in [6.07, 6.45) is 3.91. The van der Waals surface area contributed by atoms with Crippen LogP contribution in [0.5, 0.6) is 0 Å². The van der Waals surface area contributed by atoms with Crippen molar-refractivity contribution in [1.29, 1.82) is 5.26 Å². The van der Waals surface area contributed by atoms with E-state index in [0.29, 0.717) is 13.0 Å². The molecular formula is C11H16N4O. The first kappa shape index (κ1) is 12.2. The molecule has 0 spiro atoms. The Morgan fingerprint density at radius 3 is 2.88 bits per heavy atom. The second-order valence-electron chi connectivity index (χ2n) is 4.07. The van der Waals surface area contributed by atoms with E-state index in [9.17, 15) is 4.79 Å². The summed E-state index contributed by atoms with van der Waals surface area (Å²) in [5, 5.41) is 15.5. The average molecular weight is 220 g/mol.